The van der Waals surface area contributed by atoms with Gasteiger partial charge in [0.2, 0.25) is 0 Å². The highest BCUT2D eigenvalue weighted by Gasteiger charge is 1.99. The quantitative estimate of drug-likeness (QED) is 0.721. The summed E-state index contributed by atoms with van der Waals surface area (Å²) in [7, 11) is 0. The average molecular weight is 180 g/mol. The molecule has 1 rings (SSSR count). The van der Waals surface area contributed by atoms with Gasteiger partial charge in [-0.1, -0.05) is 5.16 Å². The molecule has 4 heteroatoms. The molecule has 1 aromatic rings. The van der Waals surface area contributed by atoms with Crippen LogP contribution in [0.25, 0.3) is 0 Å². The number of ketones is 1. The van der Waals surface area contributed by atoms with Crippen molar-refractivity contribution in [3.8, 4) is 0 Å². The molecule has 0 aliphatic carbocycles. The van der Waals surface area contributed by atoms with E-state index in [0.717, 1.165) is 11.5 Å². The van der Waals surface area contributed by atoms with E-state index < -0.39 is 0 Å². The summed E-state index contributed by atoms with van der Waals surface area (Å²) in [5.74, 6) is 1.36. The zero-order valence-corrected chi connectivity index (χ0v) is 7.92. The SMILES string of the molecule is CC(=O)/C=C(/C)Nc1cc(C)on1. The lowest BCUT2D eigenvalue weighted by Crippen LogP contribution is -1.97. The van der Waals surface area contributed by atoms with Gasteiger partial charge in [0.1, 0.15) is 5.76 Å². The number of rotatable bonds is 3. The second-order valence-electron chi connectivity index (χ2n) is 2.89. The molecule has 0 saturated carbocycles. The van der Waals surface area contributed by atoms with Gasteiger partial charge in [-0.3, -0.25) is 4.79 Å². The van der Waals surface area contributed by atoms with E-state index in [2.05, 4.69) is 10.5 Å². The first-order valence-corrected chi connectivity index (χ1v) is 3.97. The fourth-order valence-corrected chi connectivity index (χ4v) is 0.968. The molecule has 0 amide bonds. The first-order chi connectivity index (χ1) is 6.08. The van der Waals surface area contributed by atoms with E-state index in [1.165, 1.54) is 13.0 Å². The number of nitrogens with zero attached hydrogens (tertiary/aromatic N) is 1. The van der Waals surface area contributed by atoms with Crippen LogP contribution in [0.5, 0.6) is 0 Å². The Hall–Kier alpha value is -1.58. The fourth-order valence-electron chi connectivity index (χ4n) is 0.968. The lowest BCUT2D eigenvalue weighted by molar-refractivity contribution is -0.112. The average Bonchev–Trinajstić information content (AvgIpc) is 2.33. The Morgan fingerprint density at radius 1 is 1.62 bits per heavy atom. The number of carbonyl (C=O) groups excluding carboxylic acids is 1. The van der Waals surface area contributed by atoms with E-state index in [0.29, 0.717) is 5.82 Å². The van der Waals surface area contributed by atoms with Crippen molar-refractivity contribution in [2.75, 3.05) is 5.32 Å². The molecular weight excluding hydrogens is 168 g/mol. The van der Waals surface area contributed by atoms with Crippen molar-refractivity contribution in [2.24, 2.45) is 0 Å². The van der Waals surface area contributed by atoms with Crippen LogP contribution in [0.2, 0.25) is 0 Å². The van der Waals surface area contributed by atoms with Gasteiger partial charge >= 0.3 is 0 Å². The van der Waals surface area contributed by atoms with E-state index in [9.17, 15) is 4.79 Å². The van der Waals surface area contributed by atoms with Gasteiger partial charge in [-0.25, -0.2) is 0 Å². The van der Waals surface area contributed by atoms with Crippen molar-refractivity contribution in [3.05, 3.63) is 23.6 Å². The van der Waals surface area contributed by atoms with Crippen LogP contribution in [0.1, 0.15) is 19.6 Å². The lowest BCUT2D eigenvalue weighted by atomic mass is 10.3. The highest BCUT2D eigenvalue weighted by Crippen LogP contribution is 2.09. The molecule has 1 aromatic heterocycles. The van der Waals surface area contributed by atoms with E-state index in [4.69, 9.17) is 4.52 Å². The van der Waals surface area contributed by atoms with Crippen LogP contribution < -0.4 is 5.32 Å². The van der Waals surface area contributed by atoms with Crippen molar-refractivity contribution in [2.45, 2.75) is 20.8 Å². The van der Waals surface area contributed by atoms with E-state index in [1.54, 1.807) is 13.0 Å². The van der Waals surface area contributed by atoms with E-state index in [-0.39, 0.29) is 5.78 Å². The Kier molecular flexibility index (Phi) is 2.84. The van der Waals surface area contributed by atoms with Gasteiger partial charge in [0.25, 0.3) is 0 Å². The largest absolute Gasteiger partial charge is 0.360 e. The minimum absolute atomic E-state index is 0.00483. The van der Waals surface area contributed by atoms with Gasteiger partial charge < -0.3 is 9.84 Å². The van der Waals surface area contributed by atoms with Crippen LogP contribution in [0.3, 0.4) is 0 Å². The Morgan fingerprint density at radius 3 is 2.77 bits per heavy atom. The zero-order chi connectivity index (χ0) is 9.84. The molecule has 0 aromatic carbocycles. The van der Waals surface area contributed by atoms with Crippen LogP contribution in [-0.4, -0.2) is 10.9 Å². The number of carbonyl (C=O) groups is 1. The van der Waals surface area contributed by atoms with Gasteiger partial charge in [-0.05, 0) is 26.8 Å². The molecule has 0 spiro atoms. The number of aromatic nitrogens is 1. The molecule has 70 valence electrons. The molecule has 0 radical (unpaired) electrons. The normalized spacial score (nSPS) is 11.5. The van der Waals surface area contributed by atoms with Gasteiger partial charge in [-0.15, -0.1) is 0 Å². The molecule has 4 nitrogen and oxygen atoms in total. The van der Waals surface area contributed by atoms with Crippen LogP contribution >= 0.6 is 0 Å². The maximum atomic E-state index is 10.7. The number of hydrogen-bond acceptors (Lipinski definition) is 4. The number of anilines is 1. The lowest BCUT2D eigenvalue weighted by Gasteiger charge is -1.99. The molecule has 0 aliphatic heterocycles. The minimum atomic E-state index is 0.00483. The maximum Gasteiger partial charge on any atom is 0.173 e. The topological polar surface area (TPSA) is 55.1 Å². The second kappa shape index (κ2) is 3.89. The molecule has 0 unspecified atom stereocenters. The molecule has 0 saturated heterocycles. The second-order valence-corrected chi connectivity index (χ2v) is 2.89. The molecule has 1 N–H and O–H groups in total. The van der Waals surface area contributed by atoms with Crippen molar-refractivity contribution in [1.82, 2.24) is 5.16 Å². The van der Waals surface area contributed by atoms with Crippen LogP contribution in [0.15, 0.2) is 22.4 Å². The van der Waals surface area contributed by atoms with Crippen molar-refractivity contribution >= 4 is 11.6 Å². The molecule has 0 fully saturated rings. The predicted molar refractivity (Wildman–Crippen MR) is 49.3 cm³/mol. The van der Waals surface area contributed by atoms with Crippen LogP contribution in [-0.2, 0) is 4.79 Å². The molecular formula is C9H12N2O2. The van der Waals surface area contributed by atoms with Gasteiger partial charge in [0, 0.05) is 11.8 Å². The summed E-state index contributed by atoms with van der Waals surface area (Å²) in [6.07, 6.45) is 1.50. The Balaban J connectivity index is 2.64. The third kappa shape index (κ3) is 3.11. The van der Waals surface area contributed by atoms with Crippen molar-refractivity contribution in [3.63, 3.8) is 0 Å². The van der Waals surface area contributed by atoms with E-state index in [1.807, 2.05) is 6.92 Å². The smallest absolute Gasteiger partial charge is 0.173 e. The highest BCUT2D eigenvalue weighted by atomic mass is 16.5. The first kappa shape index (κ1) is 9.51. The summed E-state index contributed by atoms with van der Waals surface area (Å²) >= 11 is 0. The summed E-state index contributed by atoms with van der Waals surface area (Å²) in [6, 6.07) is 1.76. The summed E-state index contributed by atoms with van der Waals surface area (Å²) in [5.41, 5.74) is 0.751. The number of nitrogens with one attached hydrogen (secondary N) is 1. The van der Waals surface area contributed by atoms with Crippen LogP contribution in [0, 0.1) is 6.92 Å². The summed E-state index contributed by atoms with van der Waals surface area (Å²) < 4.78 is 4.85. The number of allylic oxidation sites excluding steroid dienone is 2. The molecule has 1 heterocycles. The zero-order valence-electron chi connectivity index (χ0n) is 7.92. The molecule has 0 bridgehead atoms. The third-order valence-corrected chi connectivity index (χ3v) is 1.37. The van der Waals surface area contributed by atoms with Gasteiger partial charge in [0.15, 0.2) is 11.6 Å². The Morgan fingerprint density at radius 2 is 2.31 bits per heavy atom. The highest BCUT2D eigenvalue weighted by molar-refractivity contribution is 5.88. The van der Waals surface area contributed by atoms with Gasteiger partial charge in [-0.2, -0.15) is 0 Å². The third-order valence-electron chi connectivity index (χ3n) is 1.37. The van der Waals surface area contributed by atoms with E-state index >= 15 is 0 Å². The number of aryl methyl sites for hydroxylation is 1. The summed E-state index contributed by atoms with van der Waals surface area (Å²) in [5, 5.41) is 6.65. The number of hydrogen-bond donors (Lipinski definition) is 1. The van der Waals surface area contributed by atoms with Crippen LogP contribution in [0.4, 0.5) is 5.82 Å². The summed E-state index contributed by atoms with van der Waals surface area (Å²) in [4.78, 5) is 10.7. The summed E-state index contributed by atoms with van der Waals surface area (Å²) in [6.45, 7) is 5.10. The van der Waals surface area contributed by atoms with Gasteiger partial charge in [0.05, 0.1) is 0 Å². The van der Waals surface area contributed by atoms with Crippen molar-refractivity contribution in [1.29, 1.82) is 0 Å². The Bertz CT molecular complexity index is 339. The maximum absolute atomic E-state index is 10.7. The minimum Gasteiger partial charge on any atom is -0.360 e. The fraction of sp³-hybridized carbons (Fsp3) is 0.333. The predicted octanol–water partition coefficient (Wildman–Crippen LogP) is 1.89. The molecule has 13 heavy (non-hydrogen) atoms. The monoisotopic (exact) mass is 180 g/mol. The first-order valence-electron chi connectivity index (χ1n) is 3.97. The Labute approximate surface area is 76.6 Å². The van der Waals surface area contributed by atoms with Crippen molar-refractivity contribution < 1.29 is 9.32 Å². The molecule has 0 atom stereocenters. The standard InChI is InChI=1S/C9H12N2O2/c1-6(4-7(2)12)10-9-5-8(3)13-11-9/h4-5H,1-3H3,(H,10,11)/b6-4-. The molecule has 0 aliphatic rings.